The molecule has 3 aromatic rings. The number of benzene rings is 3. The Bertz CT molecular complexity index is 1010. The summed E-state index contributed by atoms with van der Waals surface area (Å²) in [5, 5.41) is 0. The van der Waals surface area contributed by atoms with Gasteiger partial charge in [-0.05, 0) is 29.3 Å². The minimum absolute atomic E-state index is 0.0368. The van der Waals surface area contributed by atoms with Gasteiger partial charge in [0.2, 0.25) is 10.0 Å². The zero-order chi connectivity index (χ0) is 20.1. The lowest BCUT2D eigenvalue weighted by molar-refractivity contribution is 0.0600. The lowest BCUT2D eigenvalue weighted by Crippen LogP contribution is -2.32. The van der Waals surface area contributed by atoms with Crippen molar-refractivity contribution in [2.45, 2.75) is 10.9 Å². The maximum absolute atomic E-state index is 13.4. The Hall–Kier alpha value is -2.96. The summed E-state index contributed by atoms with van der Waals surface area (Å²) < 4.78 is 32.7. The highest BCUT2D eigenvalue weighted by Gasteiger charge is 2.30. The molecule has 0 bridgehead atoms. The van der Waals surface area contributed by atoms with Gasteiger partial charge in [0.25, 0.3) is 0 Å². The number of hydrogen-bond donors (Lipinski definition) is 0. The summed E-state index contributed by atoms with van der Waals surface area (Å²) in [5.74, 6) is -0.581. The van der Waals surface area contributed by atoms with Crippen molar-refractivity contribution >= 4 is 16.0 Å². The quantitative estimate of drug-likeness (QED) is 0.594. The molecule has 0 spiro atoms. The molecule has 6 heteroatoms. The number of nitrogens with zero attached hydrogens (tertiary/aromatic N) is 1. The summed E-state index contributed by atoms with van der Waals surface area (Å²) >= 11 is 0. The zero-order valence-electron chi connectivity index (χ0n) is 15.6. The van der Waals surface area contributed by atoms with Crippen molar-refractivity contribution in [3.63, 3.8) is 0 Å². The van der Waals surface area contributed by atoms with Crippen molar-refractivity contribution in [2.75, 3.05) is 14.2 Å². The summed E-state index contributed by atoms with van der Waals surface area (Å²) in [5.41, 5.74) is 1.89. The van der Waals surface area contributed by atoms with E-state index in [2.05, 4.69) is 0 Å². The van der Waals surface area contributed by atoms with Gasteiger partial charge < -0.3 is 4.74 Å². The van der Waals surface area contributed by atoms with Gasteiger partial charge in [-0.25, -0.2) is 13.2 Å². The summed E-state index contributed by atoms with van der Waals surface area (Å²) in [4.78, 5) is 11.8. The van der Waals surface area contributed by atoms with E-state index in [-0.39, 0.29) is 10.5 Å². The van der Waals surface area contributed by atoms with Gasteiger partial charge in [-0.15, -0.1) is 0 Å². The molecule has 0 heterocycles. The monoisotopic (exact) mass is 395 g/mol. The number of rotatable bonds is 6. The Balaban J connectivity index is 2.08. The van der Waals surface area contributed by atoms with Crippen LogP contribution in [-0.2, 0) is 14.8 Å². The van der Waals surface area contributed by atoms with Gasteiger partial charge >= 0.3 is 5.97 Å². The molecule has 0 aromatic heterocycles. The minimum Gasteiger partial charge on any atom is -0.465 e. The lowest BCUT2D eigenvalue weighted by Gasteiger charge is -2.28. The SMILES string of the molecule is COC(=O)c1cccc(S(=O)(=O)N(C)C(c2ccccc2)c2ccccc2)c1. The van der Waals surface area contributed by atoms with Gasteiger partial charge in [-0.3, -0.25) is 0 Å². The molecule has 0 unspecified atom stereocenters. The van der Waals surface area contributed by atoms with Crippen molar-refractivity contribution in [3.8, 4) is 0 Å². The number of hydrogen-bond acceptors (Lipinski definition) is 4. The van der Waals surface area contributed by atoms with E-state index < -0.39 is 22.0 Å². The van der Waals surface area contributed by atoms with Crippen LogP contribution in [0.15, 0.2) is 89.8 Å². The standard InChI is InChI=1S/C22H21NO4S/c1-23(28(25,26)20-15-9-14-19(16-20)22(24)27-2)21(17-10-5-3-6-11-17)18-12-7-4-8-13-18/h3-16,21H,1-2H3. The van der Waals surface area contributed by atoms with E-state index in [0.717, 1.165) is 11.1 Å². The topological polar surface area (TPSA) is 63.7 Å². The number of methoxy groups -OCH3 is 1. The molecule has 3 aromatic carbocycles. The highest BCUT2D eigenvalue weighted by molar-refractivity contribution is 7.89. The van der Waals surface area contributed by atoms with E-state index >= 15 is 0 Å². The minimum atomic E-state index is -3.87. The molecule has 0 aliphatic heterocycles. The molecule has 5 nitrogen and oxygen atoms in total. The van der Waals surface area contributed by atoms with E-state index in [9.17, 15) is 13.2 Å². The van der Waals surface area contributed by atoms with E-state index in [1.165, 1.54) is 35.7 Å². The molecule has 0 aliphatic rings. The molecule has 144 valence electrons. The number of carbonyl (C=O) groups excluding carboxylic acids is 1. The van der Waals surface area contributed by atoms with E-state index in [0.29, 0.717) is 0 Å². The third kappa shape index (κ3) is 3.98. The van der Waals surface area contributed by atoms with Crippen molar-refractivity contribution in [1.82, 2.24) is 4.31 Å². The molecule has 0 fully saturated rings. The first-order chi connectivity index (χ1) is 13.4. The molecule has 0 radical (unpaired) electrons. The normalized spacial score (nSPS) is 11.6. The number of esters is 1. The van der Waals surface area contributed by atoms with Crippen molar-refractivity contribution in [3.05, 3.63) is 102 Å². The first-order valence-electron chi connectivity index (χ1n) is 8.71. The molecule has 0 atom stereocenters. The molecule has 0 saturated heterocycles. The highest BCUT2D eigenvalue weighted by atomic mass is 32.2. The Labute approximate surface area is 165 Å². The Morgan fingerprint density at radius 3 is 1.89 bits per heavy atom. The van der Waals surface area contributed by atoms with Gasteiger partial charge in [0.05, 0.1) is 23.6 Å². The summed E-state index contributed by atoms with van der Waals surface area (Å²) in [7, 11) is -1.07. The second-order valence-electron chi connectivity index (χ2n) is 6.26. The molecule has 0 aliphatic carbocycles. The van der Waals surface area contributed by atoms with E-state index in [1.54, 1.807) is 7.05 Å². The van der Waals surface area contributed by atoms with Gasteiger partial charge in [0, 0.05) is 7.05 Å². The van der Waals surface area contributed by atoms with Crippen molar-refractivity contribution in [2.24, 2.45) is 0 Å². The van der Waals surface area contributed by atoms with Crippen LogP contribution in [0.25, 0.3) is 0 Å². The van der Waals surface area contributed by atoms with Crippen molar-refractivity contribution < 1.29 is 17.9 Å². The summed E-state index contributed by atoms with van der Waals surface area (Å²) in [6.45, 7) is 0. The maximum atomic E-state index is 13.4. The van der Waals surface area contributed by atoms with Gasteiger partial charge in [0.1, 0.15) is 0 Å². The predicted octanol–water partition coefficient (Wildman–Crippen LogP) is 3.88. The van der Waals surface area contributed by atoms with Crippen LogP contribution in [0.1, 0.15) is 27.5 Å². The van der Waals surface area contributed by atoms with Gasteiger partial charge in [-0.2, -0.15) is 4.31 Å². The average Bonchev–Trinajstić information content (AvgIpc) is 2.75. The van der Waals surface area contributed by atoms with Crippen LogP contribution in [0, 0.1) is 0 Å². The molecular weight excluding hydrogens is 374 g/mol. The zero-order valence-corrected chi connectivity index (χ0v) is 16.5. The second-order valence-corrected chi connectivity index (χ2v) is 8.26. The summed E-state index contributed by atoms with van der Waals surface area (Å²) in [6.07, 6.45) is 0. The first kappa shape index (κ1) is 19.8. The maximum Gasteiger partial charge on any atom is 0.337 e. The highest BCUT2D eigenvalue weighted by Crippen LogP contribution is 2.32. The van der Waals surface area contributed by atoms with Crippen LogP contribution >= 0.6 is 0 Å². The first-order valence-corrected chi connectivity index (χ1v) is 10.2. The molecule has 0 N–H and O–H groups in total. The van der Waals surface area contributed by atoms with Gasteiger partial charge in [0.15, 0.2) is 0 Å². The van der Waals surface area contributed by atoms with Crippen molar-refractivity contribution in [1.29, 1.82) is 0 Å². The lowest BCUT2D eigenvalue weighted by atomic mass is 9.99. The Morgan fingerprint density at radius 1 is 0.857 bits per heavy atom. The third-order valence-electron chi connectivity index (χ3n) is 4.53. The van der Waals surface area contributed by atoms with Crippen LogP contribution in [-0.4, -0.2) is 32.8 Å². The molecule has 0 amide bonds. The second kappa shape index (κ2) is 8.37. The van der Waals surface area contributed by atoms with Crippen LogP contribution in [0.4, 0.5) is 0 Å². The number of carbonyl (C=O) groups is 1. The predicted molar refractivity (Wildman–Crippen MR) is 107 cm³/mol. The Kier molecular flexibility index (Phi) is 5.92. The fourth-order valence-electron chi connectivity index (χ4n) is 3.09. The number of sulfonamides is 1. The fraction of sp³-hybridized carbons (Fsp3) is 0.136. The van der Waals surface area contributed by atoms with E-state index in [1.807, 2.05) is 60.7 Å². The third-order valence-corrected chi connectivity index (χ3v) is 6.35. The molecule has 0 saturated carbocycles. The Morgan fingerprint density at radius 2 is 1.39 bits per heavy atom. The fourth-order valence-corrected chi connectivity index (χ4v) is 4.47. The van der Waals surface area contributed by atoms with Gasteiger partial charge in [-0.1, -0.05) is 66.7 Å². The molecular formula is C22H21NO4S. The number of ether oxygens (including phenoxy) is 1. The molecule has 3 rings (SSSR count). The molecule has 28 heavy (non-hydrogen) atoms. The average molecular weight is 395 g/mol. The summed E-state index contributed by atoms with van der Waals surface area (Å²) in [6, 6.07) is 24.3. The van der Waals surface area contributed by atoms with Crippen LogP contribution in [0.5, 0.6) is 0 Å². The van der Waals surface area contributed by atoms with Crippen LogP contribution in [0.3, 0.4) is 0 Å². The van der Waals surface area contributed by atoms with E-state index in [4.69, 9.17) is 4.74 Å². The van der Waals surface area contributed by atoms with Crippen LogP contribution < -0.4 is 0 Å². The smallest absolute Gasteiger partial charge is 0.337 e. The van der Waals surface area contributed by atoms with Crippen LogP contribution in [0.2, 0.25) is 0 Å². The largest absolute Gasteiger partial charge is 0.465 e.